The van der Waals surface area contributed by atoms with Crippen LogP contribution < -0.4 is 15.4 Å². The number of hydrogen-bond donors (Lipinski definition) is 2. The summed E-state index contributed by atoms with van der Waals surface area (Å²) in [6.07, 6.45) is 4.25. The Bertz CT molecular complexity index is 579. The van der Waals surface area contributed by atoms with Gasteiger partial charge in [0.05, 0.1) is 13.2 Å². The second kappa shape index (κ2) is 7.14. The maximum absolute atomic E-state index is 12.9. The van der Waals surface area contributed by atoms with Crippen molar-refractivity contribution in [3.63, 3.8) is 0 Å². The van der Waals surface area contributed by atoms with E-state index < -0.39 is 0 Å². The maximum atomic E-state index is 12.9. The summed E-state index contributed by atoms with van der Waals surface area (Å²) in [4.78, 5) is 12.9. The second-order valence-electron chi connectivity index (χ2n) is 7.80. The van der Waals surface area contributed by atoms with Crippen LogP contribution >= 0.6 is 0 Å². The fourth-order valence-electron chi connectivity index (χ4n) is 4.16. The van der Waals surface area contributed by atoms with Crippen LogP contribution in [0.2, 0.25) is 0 Å². The Balaban J connectivity index is 1.72. The predicted molar refractivity (Wildman–Crippen MR) is 96.0 cm³/mol. The van der Waals surface area contributed by atoms with Gasteiger partial charge < -0.3 is 15.4 Å². The van der Waals surface area contributed by atoms with Crippen LogP contribution in [0.15, 0.2) is 24.3 Å². The number of hydrogen-bond acceptors (Lipinski definition) is 3. The monoisotopic (exact) mass is 330 g/mol. The first-order valence-electron chi connectivity index (χ1n) is 9.20. The number of ether oxygens (including phenoxy) is 1. The average Bonchev–Trinajstić information content (AvgIpc) is 3.27. The summed E-state index contributed by atoms with van der Waals surface area (Å²) in [5, 5.41) is 6.73. The number of piperidine rings is 1. The summed E-state index contributed by atoms with van der Waals surface area (Å²) >= 11 is 0. The SMILES string of the molecule is COc1ccccc1C(CC(C)C)NC(=O)C1CC12CCNCC2. The van der Waals surface area contributed by atoms with Gasteiger partial charge in [0.1, 0.15) is 5.75 Å². The molecule has 2 atom stereocenters. The molecule has 0 bridgehead atoms. The Kier molecular flexibility index (Phi) is 5.14. The van der Waals surface area contributed by atoms with Crippen LogP contribution in [0.4, 0.5) is 0 Å². The van der Waals surface area contributed by atoms with Crippen LogP contribution in [0.5, 0.6) is 5.75 Å². The minimum Gasteiger partial charge on any atom is -0.496 e. The number of rotatable bonds is 6. The lowest BCUT2D eigenvalue weighted by molar-refractivity contribution is -0.124. The van der Waals surface area contributed by atoms with Crippen molar-refractivity contribution in [3.8, 4) is 5.75 Å². The Morgan fingerprint density at radius 3 is 2.71 bits per heavy atom. The van der Waals surface area contributed by atoms with Gasteiger partial charge in [-0.1, -0.05) is 32.0 Å². The molecule has 2 N–H and O–H groups in total. The number of methoxy groups -OCH3 is 1. The van der Waals surface area contributed by atoms with Gasteiger partial charge in [-0.25, -0.2) is 0 Å². The van der Waals surface area contributed by atoms with Crippen molar-refractivity contribution in [3.05, 3.63) is 29.8 Å². The molecule has 132 valence electrons. The highest BCUT2D eigenvalue weighted by Gasteiger charge is 2.57. The normalized spacial score (nSPS) is 23.1. The third-order valence-electron chi connectivity index (χ3n) is 5.64. The minimum atomic E-state index is 0.0213. The summed E-state index contributed by atoms with van der Waals surface area (Å²) in [6.45, 7) is 6.48. The van der Waals surface area contributed by atoms with Gasteiger partial charge in [-0.2, -0.15) is 0 Å². The molecule has 1 aliphatic carbocycles. The summed E-state index contributed by atoms with van der Waals surface area (Å²) in [7, 11) is 1.69. The molecule has 1 spiro atoms. The van der Waals surface area contributed by atoms with Crippen LogP contribution in [-0.4, -0.2) is 26.1 Å². The van der Waals surface area contributed by atoms with Crippen LogP contribution in [0.25, 0.3) is 0 Å². The average molecular weight is 330 g/mol. The summed E-state index contributed by atoms with van der Waals surface area (Å²) in [5.41, 5.74) is 1.36. The van der Waals surface area contributed by atoms with E-state index in [4.69, 9.17) is 4.74 Å². The molecule has 1 saturated carbocycles. The van der Waals surface area contributed by atoms with Crippen molar-refractivity contribution >= 4 is 5.91 Å². The topological polar surface area (TPSA) is 50.4 Å². The Morgan fingerprint density at radius 2 is 2.04 bits per heavy atom. The molecule has 1 aliphatic heterocycles. The molecule has 1 aromatic rings. The van der Waals surface area contributed by atoms with E-state index in [1.165, 1.54) is 0 Å². The van der Waals surface area contributed by atoms with Crippen molar-refractivity contribution in [2.45, 2.75) is 45.6 Å². The summed E-state index contributed by atoms with van der Waals surface area (Å²) < 4.78 is 5.52. The lowest BCUT2D eigenvalue weighted by Gasteiger charge is -2.26. The van der Waals surface area contributed by atoms with Gasteiger partial charge >= 0.3 is 0 Å². The zero-order chi connectivity index (χ0) is 17.2. The molecule has 2 unspecified atom stereocenters. The van der Waals surface area contributed by atoms with Gasteiger partial charge in [-0.05, 0) is 56.2 Å². The molecule has 24 heavy (non-hydrogen) atoms. The molecule has 2 aliphatic rings. The van der Waals surface area contributed by atoms with Crippen molar-refractivity contribution < 1.29 is 9.53 Å². The largest absolute Gasteiger partial charge is 0.496 e. The second-order valence-corrected chi connectivity index (χ2v) is 7.80. The van der Waals surface area contributed by atoms with E-state index in [2.05, 4.69) is 30.5 Å². The zero-order valence-corrected chi connectivity index (χ0v) is 15.1. The van der Waals surface area contributed by atoms with Gasteiger partial charge in [0.25, 0.3) is 0 Å². The van der Waals surface area contributed by atoms with Gasteiger partial charge in [0.15, 0.2) is 0 Å². The fourth-order valence-corrected chi connectivity index (χ4v) is 4.16. The fraction of sp³-hybridized carbons (Fsp3) is 0.650. The Labute approximate surface area is 145 Å². The van der Waals surface area contributed by atoms with E-state index in [0.29, 0.717) is 5.92 Å². The number of carbonyl (C=O) groups is 1. The molecule has 1 heterocycles. The summed E-state index contributed by atoms with van der Waals surface area (Å²) in [6, 6.07) is 8.05. The molecule has 1 amide bonds. The molecule has 2 fully saturated rings. The molecule has 4 heteroatoms. The Morgan fingerprint density at radius 1 is 1.33 bits per heavy atom. The highest BCUT2D eigenvalue weighted by atomic mass is 16.5. The highest BCUT2D eigenvalue weighted by Crippen LogP contribution is 2.58. The number of nitrogens with one attached hydrogen (secondary N) is 2. The lowest BCUT2D eigenvalue weighted by atomic mass is 9.91. The third kappa shape index (κ3) is 3.59. The van der Waals surface area contributed by atoms with Crippen molar-refractivity contribution in [1.29, 1.82) is 0 Å². The lowest BCUT2D eigenvalue weighted by Crippen LogP contribution is -2.35. The smallest absolute Gasteiger partial charge is 0.224 e. The van der Waals surface area contributed by atoms with E-state index in [-0.39, 0.29) is 23.3 Å². The van der Waals surface area contributed by atoms with E-state index in [0.717, 1.165) is 50.1 Å². The molecule has 3 rings (SSSR count). The van der Waals surface area contributed by atoms with E-state index in [9.17, 15) is 4.79 Å². The molecular formula is C20H30N2O2. The maximum Gasteiger partial charge on any atom is 0.224 e. The van der Waals surface area contributed by atoms with Crippen LogP contribution in [0.3, 0.4) is 0 Å². The Hall–Kier alpha value is -1.55. The first-order chi connectivity index (χ1) is 11.6. The standard InChI is InChI=1S/C20H30N2O2/c1-14(2)12-17(15-6-4-5-7-18(15)24-3)22-19(23)16-13-20(16)8-10-21-11-9-20/h4-7,14,16-17,21H,8-13H2,1-3H3,(H,22,23). The zero-order valence-electron chi connectivity index (χ0n) is 15.1. The number of para-hydroxylation sites is 1. The van der Waals surface area contributed by atoms with Gasteiger partial charge in [-0.15, -0.1) is 0 Å². The van der Waals surface area contributed by atoms with Crippen molar-refractivity contribution in [2.24, 2.45) is 17.3 Å². The molecule has 0 aromatic heterocycles. The quantitative estimate of drug-likeness (QED) is 0.841. The molecular weight excluding hydrogens is 300 g/mol. The van der Waals surface area contributed by atoms with E-state index >= 15 is 0 Å². The van der Waals surface area contributed by atoms with E-state index in [1.807, 2.05) is 18.2 Å². The van der Waals surface area contributed by atoms with Crippen molar-refractivity contribution in [1.82, 2.24) is 10.6 Å². The first kappa shape index (κ1) is 17.3. The number of amides is 1. The molecule has 1 saturated heterocycles. The van der Waals surface area contributed by atoms with E-state index in [1.54, 1.807) is 7.11 Å². The number of carbonyl (C=O) groups excluding carboxylic acids is 1. The highest BCUT2D eigenvalue weighted by molar-refractivity contribution is 5.83. The van der Waals surface area contributed by atoms with Crippen molar-refractivity contribution in [2.75, 3.05) is 20.2 Å². The van der Waals surface area contributed by atoms with Crippen LogP contribution in [0.1, 0.15) is 51.1 Å². The van der Waals surface area contributed by atoms with Crippen LogP contribution in [-0.2, 0) is 4.79 Å². The van der Waals surface area contributed by atoms with Gasteiger partial charge in [0, 0.05) is 11.5 Å². The molecule has 1 aromatic carbocycles. The summed E-state index contributed by atoms with van der Waals surface area (Å²) in [5.74, 6) is 1.79. The van der Waals surface area contributed by atoms with Crippen LogP contribution in [0, 0.1) is 17.3 Å². The van der Waals surface area contributed by atoms with Gasteiger partial charge in [0.2, 0.25) is 5.91 Å². The minimum absolute atomic E-state index is 0.0213. The molecule has 0 radical (unpaired) electrons. The first-order valence-corrected chi connectivity index (χ1v) is 9.20. The van der Waals surface area contributed by atoms with Gasteiger partial charge in [-0.3, -0.25) is 4.79 Å². The number of benzene rings is 1. The molecule has 4 nitrogen and oxygen atoms in total. The predicted octanol–water partition coefficient (Wildman–Crippen LogP) is 3.29. The third-order valence-corrected chi connectivity index (χ3v) is 5.64.